The fourth-order valence-electron chi connectivity index (χ4n) is 1.72. The quantitative estimate of drug-likeness (QED) is 0.920. The fourth-order valence-corrected chi connectivity index (χ4v) is 2.14. The first-order valence-electron chi connectivity index (χ1n) is 5.86. The van der Waals surface area contributed by atoms with Crippen LogP contribution in [0.1, 0.15) is 18.2 Å². The number of halogens is 2. The molecule has 0 radical (unpaired) electrons. The monoisotopic (exact) mass is 311 g/mol. The molecule has 0 aliphatic heterocycles. The van der Waals surface area contributed by atoms with Crippen molar-refractivity contribution in [3.8, 4) is 0 Å². The minimum atomic E-state index is -0.243. The van der Waals surface area contributed by atoms with Gasteiger partial charge in [0.25, 0.3) is 0 Å². The molecular formula is C13H15BrFN3. The number of hydrogen-bond donors (Lipinski definition) is 1. The van der Waals surface area contributed by atoms with Crippen LogP contribution in [0, 0.1) is 5.82 Å². The van der Waals surface area contributed by atoms with Crippen LogP contribution < -0.4 is 5.32 Å². The largest absolute Gasteiger partial charge is 0.311 e. The highest BCUT2D eigenvalue weighted by Crippen LogP contribution is 2.17. The Hall–Kier alpha value is -1.20. The molecule has 3 nitrogen and oxygen atoms in total. The second kappa shape index (κ2) is 6.11. The van der Waals surface area contributed by atoms with Crippen molar-refractivity contribution in [1.82, 2.24) is 15.1 Å². The Balaban J connectivity index is 2.13. The number of aromatic nitrogens is 2. The third-order valence-electron chi connectivity index (χ3n) is 2.68. The van der Waals surface area contributed by atoms with E-state index in [0.717, 1.165) is 24.3 Å². The lowest BCUT2D eigenvalue weighted by Gasteiger charge is -2.08. The van der Waals surface area contributed by atoms with E-state index in [-0.39, 0.29) is 5.82 Å². The van der Waals surface area contributed by atoms with Crippen LogP contribution in [-0.2, 0) is 13.1 Å². The van der Waals surface area contributed by atoms with E-state index in [1.54, 1.807) is 18.3 Å². The van der Waals surface area contributed by atoms with E-state index in [2.05, 4.69) is 33.3 Å². The predicted octanol–water partition coefficient (Wildman–Crippen LogP) is 2.94. The zero-order valence-electron chi connectivity index (χ0n) is 10.2. The minimum absolute atomic E-state index is 0.243. The molecule has 0 aliphatic rings. The summed E-state index contributed by atoms with van der Waals surface area (Å²) in [4.78, 5) is 0. The summed E-state index contributed by atoms with van der Waals surface area (Å²) in [7, 11) is 0. The van der Waals surface area contributed by atoms with E-state index >= 15 is 0 Å². The lowest BCUT2D eigenvalue weighted by molar-refractivity contribution is 0.599. The van der Waals surface area contributed by atoms with Crippen molar-refractivity contribution in [1.29, 1.82) is 0 Å². The summed E-state index contributed by atoms with van der Waals surface area (Å²) in [6, 6.07) is 7.01. The van der Waals surface area contributed by atoms with Crippen LogP contribution in [0.15, 0.2) is 34.9 Å². The average Bonchev–Trinajstić information content (AvgIpc) is 2.79. The predicted molar refractivity (Wildman–Crippen MR) is 72.8 cm³/mol. The van der Waals surface area contributed by atoms with Crippen molar-refractivity contribution in [3.05, 3.63) is 52.0 Å². The van der Waals surface area contributed by atoms with Crippen LogP contribution in [0.25, 0.3) is 0 Å². The second-order valence-corrected chi connectivity index (χ2v) is 4.86. The summed E-state index contributed by atoms with van der Waals surface area (Å²) in [6.45, 7) is 4.43. The van der Waals surface area contributed by atoms with Gasteiger partial charge in [0.2, 0.25) is 0 Å². The molecule has 0 fully saturated rings. The van der Waals surface area contributed by atoms with Gasteiger partial charge in [-0.25, -0.2) is 4.39 Å². The summed E-state index contributed by atoms with van der Waals surface area (Å²) in [6.07, 6.45) is 1.78. The zero-order chi connectivity index (χ0) is 13.0. The normalized spacial score (nSPS) is 10.8. The maximum Gasteiger partial charge on any atom is 0.137 e. The number of rotatable bonds is 5. The van der Waals surface area contributed by atoms with Gasteiger partial charge in [0.15, 0.2) is 0 Å². The van der Waals surface area contributed by atoms with E-state index in [1.165, 1.54) is 6.07 Å². The Morgan fingerprint density at radius 1 is 1.39 bits per heavy atom. The standard InChI is InChI=1S/C13H15BrFN3/c1-2-16-8-11-5-6-17-18(11)9-10-3-4-13(15)12(14)7-10/h3-7,16H,2,8-9H2,1H3. The maximum absolute atomic E-state index is 13.1. The number of benzene rings is 1. The Kier molecular flexibility index (Phi) is 4.49. The molecule has 1 aromatic heterocycles. The van der Waals surface area contributed by atoms with Crippen molar-refractivity contribution >= 4 is 15.9 Å². The van der Waals surface area contributed by atoms with Gasteiger partial charge in [0, 0.05) is 12.7 Å². The first kappa shape index (κ1) is 13.2. The molecule has 18 heavy (non-hydrogen) atoms. The molecule has 96 valence electrons. The molecule has 0 unspecified atom stereocenters. The van der Waals surface area contributed by atoms with E-state index in [9.17, 15) is 4.39 Å². The summed E-state index contributed by atoms with van der Waals surface area (Å²) in [5.41, 5.74) is 2.14. The maximum atomic E-state index is 13.1. The summed E-state index contributed by atoms with van der Waals surface area (Å²) in [5, 5.41) is 7.55. The molecule has 0 bridgehead atoms. The van der Waals surface area contributed by atoms with Crippen LogP contribution in [0.3, 0.4) is 0 Å². The van der Waals surface area contributed by atoms with Crippen LogP contribution in [0.2, 0.25) is 0 Å². The molecular weight excluding hydrogens is 297 g/mol. The van der Waals surface area contributed by atoms with Gasteiger partial charge in [-0.2, -0.15) is 5.10 Å². The molecule has 1 heterocycles. The lowest BCUT2D eigenvalue weighted by Crippen LogP contribution is -2.16. The highest BCUT2D eigenvalue weighted by Gasteiger charge is 2.05. The van der Waals surface area contributed by atoms with Gasteiger partial charge < -0.3 is 5.32 Å². The fraction of sp³-hybridized carbons (Fsp3) is 0.308. The van der Waals surface area contributed by atoms with Crippen molar-refractivity contribution in [2.24, 2.45) is 0 Å². The summed E-state index contributed by atoms with van der Waals surface area (Å²) < 4.78 is 15.5. The zero-order valence-corrected chi connectivity index (χ0v) is 11.7. The van der Waals surface area contributed by atoms with E-state index in [1.807, 2.05) is 10.7 Å². The van der Waals surface area contributed by atoms with Crippen LogP contribution in [-0.4, -0.2) is 16.3 Å². The molecule has 0 spiro atoms. The first-order chi connectivity index (χ1) is 8.70. The van der Waals surface area contributed by atoms with Gasteiger partial charge in [-0.1, -0.05) is 13.0 Å². The van der Waals surface area contributed by atoms with E-state index in [0.29, 0.717) is 11.0 Å². The van der Waals surface area contributed by atoms with Crippen LogP contribution in [0.5, 0.6) is 0 Å². The topological polar surface area (TPSA) is 29.9 Å². The Morgan fingerprint density at radius 2 is 2.22 bits per heavy atom. The van der Waals surface area contributed by atoms with Gasteiger partial charge in [-0.05, 0) is 46.2 Å². The van der Waals surface area contributed by atoms with E-state index in [4.69, 9.17) is 0 Å². The highest BCUT2D eigenvalue weighted by atomic mass is 79.9. The molecule has 0 atom stereocenters. The van der Waals surface area contributed by atoms with Crippen molar-refractivity contribution in [3.63, 3.8) is 0 Å². The molecule has 2 aromatic rings. The Morgan fingerprint density at radius 3 is 2.94 bits per heavy atom. The number of nitrogens with one attached hydrogen (secondary N) is 1. The Labute approximate surface area is 114 Å². The first-order valence-corrected chi connectivity index (χ1v) is 6.65. The third kappa shape index (κ3) is 3.17. The summed E-state index contributed by atoms with van der Waals surface area (Å²) >= 11 is 3.19. The Bertz CT molecular complexity index is 525. The molecule has 1 N–H and O–H groups in total. The second-order valence-electron chi connectivity index (χ2n) is 4.01. The molecule has 0 amide bonds. The van der Waals surface area contributed by atoms with Gasteiger partial charge in [-0.15, -0.1) is 0 Å². The molecule has 0 saturated heterocycles. The van der Waals surface area contributed by atoms with Crippen molar-refractivity contribution in [2.75, 3.05) is 6.54 Å². The molecule has 0 saturated carbocycles. The average molecular weight is 312 g/mol. The molecule has 1 aromatic carbocycles. The SMILES string of the molecule is CCNCc1ccnn1Cc1ccc(F)c(Br)c1. The van der Waals surface area contributed by atoms with Crippen molar-refractivity contribution < 1.29 is 4.39 Å². The lowest BCUT2D eigenvalue weighted by atomic mass is 10.2. The molecule has 0 aliphatic carbocycles. The van der Waals surface area contributed by atoms with Crippen LogP contribution in [0.4, 0.5) is 4.39 Å². The number of nitrogens with zero attached hydrogens (tertiary/aromatic N) is 2. The van der Waals surface area contributed by atoms with Gasteiger partial charge in [0.05, 0.1) is 16.7 Å². The van der Waals surface area contributed by atoms with E-state index < -0.39 is 0 Å². The van der Waals surface area contributed by atoms with Crippen molar-refractivity contribution in [2.45, 2.75) is 20.0 Å². The smallest absolute Gasteiger partial charge is 0.137 e. The molecule has 5 heteroatoms. The minimum Gasteiger partial charge on any atom is -0.311 e. The number of hydrogen-bond acceptors (Lipinski definition) is 2. The van der Waals surface area contributed by atoms with Gasteiger partial charge in [-0.3, -0.25) is 4.68 Å². The van der Waals surface area contributed by atoms with Crippen LogP contribution >= 0.6 is 15.9 Å². The van der Waals surface area contributed by atoms with Gasteiger partial charge >= 0.3 is 0 Å². The van der Waals surface area contributed by atoms with Gasteiger partial charge in [0.1, 0.15) is 5.82 Å². The molecule has 2 rings (SSSR count). The third-order valence-corrected chi connectivity index (χ3v) is 3.28. The summed E-state index contributed by atoms with van der Waals surface area (Å²) in [5.74, 6) is -0.243. The highest BCUT2D eigenvalue weighted by molar-refractivity contribution is 9.10.